The van der Waals surface area contributed by atoms with Gasteiger partial charge in [-0.3, -0.25) is 0 Å². The molecule has 0 radical (unpaired) electrons. The molecule has 1 aliphatic rings. The van der Waals surface area contributed by atoms with Gasteiger partial charge in [-0.2, -0.15) is 0 Å². The fraction of sp³-hybridized carbons (Fsp3) is 0.625. The Kier molecular flexibility index (Phi) is 4.28. The molecule has 1 saturated carbocycles. The highest BCUT2D eigenvalue weighted by Crippen LogP contribution is 2.33. The van der Waals surface area contributed by atoms with Gasteiger partial charge < -0.3 is 10.6 Å². The standard InChI is InChI=1S/C16H26N2/c1-12-8-4-6-10-15(12)18(3)16-11-7-5-9-14(16)13(2)17/h5,7,9,11-13,15H,4,6,8,10,17H2,1-3H3. The Balaban J connectivity index is 2.24. The molecule has 1 aromatic rings. The van der Waals surface area contributed by atoms with E-state index in [1.54, 1.807) is 0 Å². The van der Waals surface area contributed by atoms with Crippen LogP contribution in [0.2, 0.25) is 0 Å². The topological polar surface area (TPSA) is 29.3 Å². The van der Waals surface area contributed by atoms with Crippen LogP contribution in [0.1, 0.15) is 51.1 Å². The summed E-state index contributed by atoms with van der Waals surface area (Å²) in [5.41, 5.74) is 8.66. The Labute approximate surface area is 111 Å². The highest BCUT2D eigenvalue weighted by atomic mass is 15.1. The monoisotopic (exact) mass is 246 g/mol. The zero-order chi connectivity index (χ0) is 13.1. The molecule has 2 nitrogen and oxygen atoms in total. The van der Waals surface area contributed by atoms with Crippen LogP contribution in [-0.2, 0) is 0 Å². The van der Waals surface area contributed by atoms with E-state index in [-0.39, 0.29) is 6.04 Å². The average molecular weight is 246 g/mol. The summed E-state index contributed by atoms with van der Waals surface area (Å²) < 4.78 is 0. The first-order valence-corrected chi connectivity index (χ1v) is 7.18. The molecule has 0 saturated heterocycles. The minimum Gasteiger partial charge on any atom is -0.371 e. The Morgan fingerprint density at radius 2 is 1.89 bits per heavy atom. The molecule has 100 valence electrons. The van der Waals surface area contributed by atoms with Crippen LogP contribution in [0.25, 0.3) is 0 Å². The van der Waals surface area contributed by atoms with Crippen LogP contribution in [0, 0.1) is 5.92 Å². The lowest BCUT2D eigenvalue weighted by molar-refractivity contribution is 0.321. The minimum atomic E-state index is 0.0996. The molecule has 0 amide bonds. The molecule has 0 heterocycles. The van der Waals surface area contributed by atoms with Crippen molar-refractivity contribution >= 4 is 5.69 Å². The fourth-order valence-corrected chi connectivity index (χ4v) is 3.24. The van der Waals surface area contributed by atoms with Crippen molar-refractivity contribution in [2.24, 2.45) is 11.7 Å². The Morgan fingerprint density at radius 1 is 1.22 bits per heavy atom. The lowest BCUT2D eigenvalue weighted by Crippen LogP contribution is -2.39. The third-order valence-corrected chi connectivity index (χ3v) is 4.37. The molecular weight excluding hydrogens is 220 g/mol. The zero-order valence-electron chi connectivity index (χ0n) is 11.9. The molecule has 3 unspecified atom stereocenters. The molecule has 2 rings (SSSR count). The summed E-state index contributed by atoms with van der Waals surface area (Å²) in [6.07, 6.45) is 5.42. The fourth-order valence-electron chi connectivity index (χ4n) is 3.24. The lowest BCUT2D eigenvalue weighted by Gasteiger charge is -2.39. The van der Waals surface area contributed by atoms with E-state index in [1.165, 1.54) is 36.9 Å². The van der Waals surface area contributed by atoms with Crippen LogP contribution in [0.3, 0.4) is 0 Å². The second-order valence-corrected chi connectivity index (χ2v) is 5.79. The summed E-state index contributed by atoms with van der Waals surface area (Å²) in [6, 6.07) is 9.33. The molecule has 0 bridgehead atoms. The SMILES string of the molecule is CC(N)c1ccccc1N(C)C1CCCCC1C. The Hall–Kier alpha value is -1.02. The number of hydrogen-bond donors (Lipinski definition) is 1. The van der Waals surface area contributed by atoms with Gasteiger partial charge in [0.25, 0.3) is 0 Å². The van der Waals surface area contributed by atoms with E-state index >= 15 is 0 Å². The average Bonchev–Trinajstić information content (AvgIpc) is 2.38. The van der Waals surface area contributed by atoms with Crippen molar-refractivity contribution in [2.75, 3.05) is 11.9 Å². The molecule has 3 atom stereocenters. The van der Waals surface area contributed by atoms with Gasteiger partial charge >= 0.3 is 0 Å². The smallest absolute Gasteiger partial charge is 0.0414 e. The molecule has 1 aliphatic carbocycles. The van der Waals surface area contributed by atoms with E-state index < -0.39 is 0 Å². The molecule has 0 aromatic heterocycles. The first kappa shape index (κ1) is 13.4. The predicted molar refractivity (Wildman–Crippen MR) is 78.9 cm³/mol. The van der Waals surface area contributed by atoms with Crippen LogP contribution in [0.4, 0.5) is 5.69 Å². The van der Waals surface area contributed by atoms with Gasteiger partial charge in [-0.25, -0.2) is 0 Å². The number of nitrogens with two attached hydrogens (primary N) is 1. The van der Waals surface area contributed by atoms with Crippen molar-refractivity contribution in [1.82, 2.24) is 0 Å². The first-order chi connectivity index (χ1) is 8.61. The first-order valence-electron chi connectivity index (χ1n) is 7.18. The molecule has 0 spiro atoms. The number of benzene rings is 1. The molecule has 2 N–H and O–H groups in total. The quantitative estimate of drug-likeness (QED) is 0.880. The maximum atomic E-state index is 6.09. The summed E-state index contributed by atoms with van der Waals surface area (Å²) in [5.74, 6) is 0.782. The van der Waals surface area contributed by atoms with Gasteiger partial charge in [-0.1, -0.05) is 38.0 Å². The predicted octanol–water partition coefficient (Wildman–Crippen LogP) is 3.72. The second kappa shape index (κ2) is 5.75. The van der Waals surface area contributed by atoms with Gasteiger partial charge in [0.1, 0.15) is 0 Å². The van der Waals surface area contributed by atoms with Crippen molar-refractivity contribution in [2.45, 2.75) is 51.6 Å². The summed E-state index contributed by atoms with van der Waals surface area (Å²) >= 11 is 0. The number of anilines is 1. The van der Waals surface area contributed by atoms with E-state index in [1.807, 2.05) is 0 Å². The van der Waals surface area contributed by atoms with Gasteiger partial charge in [0, 0.05) is 24.8 Å². The summed E-state index contributed by atoms with van der Waals surface area (Å²) in [5, 5.41) is 0. The van der Waals surface area contributed by atoms with Crippen LogP contribution in [0.15, 0.2) is 24.3 Å². The zero-order valence-corrected chi connectivity index (χ0v) is 11.9. The van der Waals surface area contributed by atoms with Crippen molar-refractivity contribution in [3.8, 4) is 0 Å². The van der Waals surface area contributed by atoms with E-state index in [4.69, 9.17) is 5.73 Å². The second-order valence-electron chi connectivity index (χ2n) is 5.79. The minimum absolute atomic E-state index is 0.0996. The van der Waals surface area contributed by atoms with Gasteiger partial charge in [0.05, 0.1) is 0 Å². The third-order valence-electron chi connectivity index (χ3n) is 4.37. The van der Waals surface area contributed by atoms with E-state index in [0.29, 0.717) is 6.04 Å². The number of para-hydroxylation sites is 1. The summed E-state index contributed by atoms with van der Waals surface area (Å²) in [7, 11) is 2.23. The van der Waals surface area contributed by atoms with Gasteiger partial charge in [0.2, 0.25) is 0 Å². The normalized spacial score (nSPS) is 25.8. The maximum absolute atomic E-state index is 6.09. The summed E-state index contributed by atoms with van der Waals surface area (Å²) in [6.45, 7) is 4.45. The molecular formula is C16H26N2. The van der Waals surface area contributed by atoms with Crippen LogP contribution < -0.4 is 10.6 Å². The van der Waals surface area contributed by atoms with Crippen LogP contribution in [0.5, 0.6) is 0 Å². The highest BCUT2D eigenvalue weighted by Gasteiger charge is 2.26. The Bertz CT molecular complexity index is 386. The summed E-state index contributed by atoms with van der Waals surface area (Å²) in [4.78, 5) is 2.46. The maximum Gasteiger partial charge on any atom is 0.0414 e. The molecule has 0 aliphatic heterocycles. The van der Waals surface area contributed by atoms with Crippen molar-refractivity contribution in [3.63, 3.8) is 0 Å². The van der Waals surface area contributed by atoms with E-state index in [0.717, 1.165) is 5.92 Å². The lowest BCUT2D eigenvalue weighted by atomic mass is 9.84. The van der Waals surface area contributed by atoms with Gasteiger partial charge in [-0.05, 0) is 37.3 Å². The number of hydrogen-bond acceptors (Lipinski definition) is 2. The van der Waals surface area contributed by atoms with Crippen molar-refractivity contribution < 1.29 is 0 Å². The largest absolute Gasteiger partial charge is 0.371 e. The highest BCUT2D eigenvalue weighted by molar-refractivity contribution is 5.55. The molecule has 2 heteroatoms. The van der Waals surface area contributed by atoms with E-state index in [2.05, 4.69) is 50.1 Å². The van der Waals surface area contributed by atoms with Crippen LogP contribution in [-0.4, -0.2) is 13.1 Å². The third kappa shape index (κ3) is 2.69. The van der Waals surface area contributed by atoms with Crippen LogP contribution >= 0.6 is 0 Å². The van der Waals surface area contributed by atoms with Crippen molar-refractivity contribution in [3.05, 3.63) is 29.8 Å². The number of rotatable bonds is 3. The molecule has 18 heavy (non-hydrogen) atoms. The number of nitrogens with zero attached hydrogens (tertiary/aromatic N) is 1. The van der Waals surface area contributed by atoms with Crippen molar-refractivity contribution in [1.29, 1.82) is 0 Å². The van der Waals surface area contributed by atoms with Gasteiger partial charge in [0.15, 0.2) is 0 Å². The van der Waals surface area contributed by atoms with Gasteiger partial charge in [-0.15, -0.1) is 0 Å². The molecule has 1 aromatic carbocycles. The van der Waals surface area contributed by atoms with E-state index in [9.17, 15) is 0 Å². The Morgan fingerprint density at radius 3 is 2.56 bits per heavy atom. The molecule has 1 fully saturated rings.